The van der Waals surface area contributed by atoms with Crippen molar-refractivity contribution in [3.05, 3.63) is 30.3 Å². The highest BCUT2D eigenvalue weighted by Crippen LogP contribution is 2.45. The van der Waals surface area contributed by atoms with E-state index in [1.165, 1.54) is 14.2 Å². The van der Waals surface area contributed by atoms with Crippen LogP contribution in [-0.4, -0.2) is 26.4 Å². The second-order valence-corrected chi connectivity index (χ2v) is 6.98. The normalized spacial score (nSPS) is 13.8. The highest BCUT2D eigenvalue weighted by atomic mass is 31.2. The molecule has 4 nitrogen and oxygen atoms in total. The van der Waals surface area contributed by atoms with E-state index in [-0.39, 0.29) is 5.97 Å². The Morgan fingerprint density at radius 3 is 2.37 bits per heavy atom. The molecule has 0 amide bonds. The Labute approximate surface area is 114 Å². The molecule has 1 aromatic rings. The number of hydrogen-bond donors (Lipinski definition) is 0. The van der Waals surface area contributed by atoms with Crippen molar-refractivity contribution in [3.63, 3.8) is 0 Å². The number of methoxy groups -OCH3 is 1. The maximum atomic E-state index is 12.6. The van der Waals surface area contributed by atoms with Crippen LogP contribution < -0.4 is 5.30 Å². The van der Waals surface area contributed by atoms with Crippen molar-refractivity contribution in [2.24, 2.45) is 0 Å². The summed E-state index contributed by atoms with van der Waals surface area (Å²) >= 11 is 0. The zero-order valence-electron chi connectivity index (χ0n) is 11.5. The topological polar surface area (TPSA) is 52.6 Å². The minimum atomic E-state index is -2.74. The van der Waals surface area contributed by atoms with Gasteiger partial charge in [0.15, 0.2) is 0 Å². The van der Waals surface area contributed by atoms with Gasteiger partial charge in [-0.1, -0.05) is 24.6 Å². The third-order valence-corrected chi connectivity index (χ3v) is 5.59. The van der Waals surface area contributed by atoms with Crippen LogP contribution in [0, 0.1) is 0 Å². The summed E-state index contributed by atoms with van der Waals surface area (Å²) in [7, 11) is 0.134. The van der Waals surface area contributed by atoms with Gasteiger partial charge in [0.05, 0.1) is 7.11 Å². The van der Waals surface area contributed by atoms with Gasteiger partial charge in [0.1, 0.15) is 0 Å². The molecule has 0 saturated heterocycles. The summed E-state index contributed by atoms with van der Waals surface area (Å²) in [4.78, 5) is 10.9. The molecule has 0 N–H and O–H groups in total. The maximum absolute atomic E-state index is 12.6. The molecule has 0 saturated carbocycles. The van der Waals surface area contributed by atoms with Crippen LogP contribution in [-0.2, 0) is 18.6 Å². The lowest BCUT2D eigenvalue weighted by molar-refractivity contribution is -0.140. The Morgan fingerprint density at radius 1 is 1.11 bits per heavy atom. The van der Waals surface area contributed by atoms with Gasteiger partial charge in [-0.25, -0.2) is 0 Å². The molecule has 19 heavy (non-hydrogen) atoms. The fraction of sp³-hybridized carbons (Fsp3) is 0.500. The van der Waals surface area contributed by atoms with Crippen LogP contribution in [0.1, 0.15) is 25.7 Å². The lowest BCUT2D eigenvalue weighted by atomic mass is 10.2. The minimum absolute atomic E-state index is 0.196. The van der Waals surface area contributed by atoms with Crippen molar-refractivity contribution in [1.82, 2.24) is 0 Å². The van der Waals surface area contributed by atoms with Crippen LogP contribution in [0.5, 0.6) is 0 Å². The SMILES string of the molecule is COC(=O)CCCCCP(=O)(OC)c1ccccc1. The van der Waals surface area contributed by atoms with Gasteiger partial charge in [0.2, 0.25) is 7.37 Å². The summed E-state index contributed by atoms with van der Waals surface area (Å²) in [6, 6.07) is 9.27. The van der Waals surface area contributed by atoms with Gasteiger partial charge in [-0.05, 0) is 25.0 Å². The molecule has 1 atom stereocenters. The molecule has 0 heterocycles. The van der Waals surface area contributed by atoms with Crippen LogP contribution >= 0.6 is 7.37 Å². The lowest BCUT2D eigenvalue weighted by Crippen LogP contribution is -2.09. The van der Waals surface area contributed by atoms with Crippen LogP contribution in [0.4, 0.5) is 0 Å². The highest BCUT2D eigenvalue weighted by molar-refractivity contribution is 7.66. The molecule has 0 spiro atoms. The fourth-order valence-electron chi connectivity index (χ4n) is 1.85. The molecule has 5 heteroatoms. The molecule has 0 aliphatic heterocycles. The Morgan fingerprint density at radius 2 is 1.79 bits per heavy atom. The van der Waals surface area contributed by atoms with E-state index in [1.807, 2.05) is 30.3 Å². The van der Waals surface area contributed by atoms with Crippen molar-refractivity contribution in [3.8, 4) is 0 Å². The molecule has 0 bridgehead atoms. The van der Waals surface area contributed by atoms with Gasteiger partial charge < -0.3 is 9.26 Å². The van der Waals surface area contributed by atoms with Crippen molar-refractivity contribution in [1.29, 1.82) is 0 Å². The number of esters is 1. The number of rotatable bonds is 8. The number of unbranched alkanes of at least 4 members (excludes halogenated alkanes) is 2. The first-order valence-electron chi connectivity index (χ1n) is 6.39. The second kappa shape index (κ2) is 8.13. The van der Waals surface area contributed by atoms with Gasteiger partial charge in [-0.3, -0.25) is 9.36 Å². The third-order valence-electron chi connectivity index (χ3n) is 3.01. The van der Waals surface area contributed by atoms with Gasteiger partial charge in [0.25, 0.3) is 0 Å². The maximum Gasteiger partial charge on any atom is 0.305 e. The number of hydrogen-bond acceptors (Lipinski definition) is 4. The van der Waals surface area contributed by atoms with Gasteiger partial charge in [0, 0.05) is 25.0 Å². The minimum Gasteiger partial charge on any atom is -0.469 e. The number of benzene rings is 1. The monoisotopic (exact) mass is 284 g/mol. The molecular formula is C14H21O4P. The molecular weight excluding hydrogens is 263 g/mol. The Balaban J connectivity index is 2.41. The molecule has 1 rings (SSSR count). The molecule has 1 unspecified atom stereocenters. The van der Waals surface area contributed by atoms with E-state index in [1.54, 1.807) is 0 Å². The number of carbonyl (C=O) groups excluding carboxylic acids is 1. The summed E-state index contributed by atoms with van der Waals surface area (Å²) in [6.45, 7) is 0. The second-order valence-electron chi connectivity index (χ2n) is 4.30. The third kappa shape index (κ3) is 5.17. The first-order chi connectivity index (χ1) is 9.12. The van der Waals surface area contributed by atoms with E-state index in [9.17, 15) is 9.36 Å². The fourth-order valence-corrected chi connectivity index (χ4v) is 3.77. The van der Waals surface area contributed by atoms with E-state index in [0.717, 1.165) is 24.6 Å². The summed E-state index contributed by atoms with van der Waals surface area (Å²) in [5.41, 5.74) is 0. The van der Waals surface area contributed by atoms with Crippen molar-refractivity contribution < 1.29 is 18.6 Å². The van der Waals surface area contributed by atoms with Crippen LogP contribution in [0.3, 0.4) is 0 Å². The highest BCUT2D eigenvalue weighted by Gasteiger charge is 2.23. The number of ether oxygens (including phenoxy) is 1. The van der Waals surface area contributed by atoms with Crippen molar-refractivity contribution in [2.45, 2.75) is 25.7 Å². The van der Waals surface area contributed by atoms with E-state index >= 15 is 0 Å². The van der Waals surface area contributed by atoms with Gasteiger partial charge in [-0.15, -0.1) is 0 Å². The standard InChI is InChI=1S/C14H21O4P/c1-17-14(15)11-7-4-8-12-19(16,18-2)13-9-5-3-6-10-13/h3,5-6,9-10H,4,7-8,11-12H2,1-2H3. The average molecular weight is 284 g/mol. The van der Waals surface area contributed by atoms with Gasteiger partial charge in [-0.2, -0.15) is 0 Å². The molecule has 0 aliphatic carbocycles. The van der Waals surface area contributed by atoms with E-state index < -0.39 is 7.37 Å². The Bertz CT molecular complexity index is 430. The first-order valence-corrected chi connectivity index (χ1v) is 8.20. The van der Waals surface area contributed by atoms with Crippen LogP contribution in [0.2, 0.25) is 0 Å². The molecule has 0 aromatic heterocycles. The van der Waals surface area contributed by atoms with E-state index in [0.29, 0.717) is 12.6 Å². The lowest BCUT2D eigenvalue weighted by Gasteiger charge is -2.16. The predicted octanol–water partition coefficient (Wildman–Crippen LogP) is 2.97. The van der Waals surface area contributed by atoms with Crippen molar-refractivity contribution >= 4 is 18.6 Å². The predicted molar refractivity (Wildman–Crippen MR) is 76.0 cm³/mol. The quantitative estimate of drug-likeness (QED) is 0.418. The summed E-state index contributed by atoms with van der Waals surface area (Å²) in [6.07, 6.45) is 3.30. The van der Waals surface area contributed by atoms with Gasteiger partial charge >= 0.3 is 5.97 Å². The Hall–Kier alpha value is -1.12. The molecule has 1 aromatic carbocycles. The van der Waals surface area contributed by atoms with Crippen molar-refractivity contribution in [2.75, 3.05) is 20.4 Å². The average Bonchev–Trinajstić information content (AvgIpc) is 2.47. The van der Waals surface area contributed by atoms with E-state index in [4.69, 9.17) is 4.52 Å². The molecule has 106 valence electrons. The number of carbonyl (C=O) groups is 1. The smallest absolute Gasteiger partial charge is 0.305 e. The summed E-state index contributed by atoms with van der Waals surface area (Å²) in [5, 5.41) is 0.755. The zero-order chi connectivity index (χ0) is 14.1. The van der Waals surface area contributed by atoms with Crippen LogP contribution in [0.25, 0.3) is 0 Å². The van der Waals surface area contributed by atoms with E-state index in [2.05, 4.69) is 4.74 Å². The Kier molecular flexibility index (Phi) is 6.82. The zero-order valence-corrected chi connectivity index (χ0v) is 12.4. The summed E-state index contributed by atoms with van der Waals surface area (Å²) in [5.74, 6) is -0.196. The molecule has 0 aliphatic rings. The first kappa shape index (κ1) is 15.9. The van der Waals surface area contributed by atoms with Crippen LogP contribution in [0.15, 0.2) is 30.3 Å². The summed E-state index contributed by atoms with van der Waals surface area (Å²) < 4.78 is 22.4. The molecule has 0 fully saturated rings. The molecule has 0 radical (unpaired) electrons. The largest absolute Gasteiger partial charge is 0.469 e.